The van der Waals surface area contributed by atoms with Crippen LogP contribution in [0.15, 0.2) is 0 Å². The Morgan fingerprint density at radius 1 is 1.10 bits per heavy atom. The number of amides is 2. The summed E-state index contributed by atoms with van der Waals surface area (Å²) in [6.07, 6.45) is 6.38. The van der Waals surface area contributed by atoms with Gasteiger partial charge in [0.1, 0.15) is 0 Å². The molecule has 5 heteroatoms. The van der Waals surface area contributed by atoms with E-state index in [4.69, 9.17) is 5.11 Å². The van der Waals surface area contributed by atoms with Crippen molar-refractivity contribution in [3.8, 4) is 0 Å². The van der Waals surface area contributed by atoms with Crippen LogP contribution in [0, 0.1) is 11.8 Å². The van der Waals surface area contributed by atoms with Crippen LogP contribution in [0.4, 0.5) is 4.79 Å². The van der Waals surface area contributed by atoms with Crippen molar-refractivity contribution in [1.29, 1.82) is 0 Å². The maximum atomic E-state index is 12.1. The van der Waals surface area contributed by atoms with Crippen LogP contribution in [0.1, 0.15) is 58.8 Å². The van der Waals surface area contributed by atoms with Crippen molar-refractivity contribution in [2.75, 3.05) is 19.6 Å². The minimum Gasteiger partial charge on any atom is -0.481 e. The van der Waals surface area contributed by atoms with Gasteiger partial charge < -0.3 is 15.3 Å². The largest absolute Gasteiger partial charge is 0.481 e. The number of hydrogen-bond donors (Lipinski definition) is 2. The fraction of sp³-hybridized carbons (Fsp3) is 0.875. The number of carbonyl (C=O) groups is 2. The quantitative estimate of drug-likeness (QED) is 0.758. The van der Waals surface area contributed by atoms with Gasteiger partial charge in [0.05, 0.1) is 0 Å². The highest BCUT2D eigenvalue weighted by molar-refractivity contribution is 5.74. The lowest BCUT2D eigenvalue weighted by Crippen LogP contribution is -2.41. The molecule has 0 bridgehead atoms. The second-order valence-electron chi connectivity index (χ2n) is 6.36. The number of urea groups is 1. The fourth-order valence-corrected chi connectivity index (χ4v) is 2.87. The number of carbonyl (C=O) groups excluding carboxylic acids is 1. The van der Waals surface area contributed by atoms with Crippen LogP contribution in [-0.2, 0) is 4.79 Å². The van der Waals surface area contributed by atoms with Crippen LogP contribution < -0.4 is 5.32 Å². The van der Waals surface area contributed by atoms with Gasteiger partial charge in [0.2, 0.25) is 0 Å². The normalized spacial score (nSPS) is 17.4. The van der Waals surface area contributed by atoms with E-state index in [-0.39, 0.29) is 12.5 Å². The standard InChI is InChI=1S/C16H30N2O3/c1-13(2)14(7-8-15(19)20)9-10-17-16(21)18-11-5-3-4-6-12-18/h13-14H,3-12H2,1-2H3,(H,17,21)(H,19,20). The molecule has 0 aromatic carbocycles. The van der Waals surface area contributed by atoms with E-state index in [1.54, 1.807) is 0 Å². The first-order valence-corrected chi connectivity index (χ1v) is 8.25. The number of carboxylic acids is 1. The smallest absolute Gasteiger partial charge is 0.317 e. The highest BCUT2D eigenvalue weighted by Gasteiger charge is 2.17. The molecule has 1 saturated heterocycles. The van der Waals surface area contributed by atoms with Crippen LogP contribution in [0.2, 0.25) is 0 Å². The summed E-state index contributed by atoms with van der Waals surface area (Å²) in [5.41, 5.74) is 0. The van der Waals surface area contributed by atoms with Gasteiger partial charge in [-0.1, -0.05) is 26.7 Å². The van der Waals surface area contributed by atoms with Crippen molar-refractivity contribution in [3.63, 3.8) is 0 Å². The predicted octanol–water partition coefficient (Wildman–Crippen LogP) is 3.10. The third kappa shape index (κ3) is 7.34. The monoisotopic (exact) mass is 298 g/mol. The number of likely N-dealkylation sites (tertiary alicyclic amines) is 1. The van der Waals surface area contributed by atoms with Gasteiger partial charge >= 0.3 is 12.0 Å². The Balaban J connectivity index is 2.28. The van der Waals surface area contributed by atoms with Crippen LogP contribution in [-0.4, -0.2) is 41.6 Å². The zero-order chi connectivity index (χ0) is 15.7. The summed E-state index contributed by atoms with van der Waals surface area (Å²) in [6.45, 7) is 6.58. The topological polar surface area (TPSA) is 69.6 Å². The first kappa shape index (κ1) is 17.8. The fourth-order valence-electron chi connectivity index (χ4n) is 2.87. The van der Waals surface area contributed by atoms with Gasteiger partial charge in [0.25, 0.3) is 0 Å². The zero-order valence-corrected chi connectivity index (χ0v) is 13.4. The van der Waals surface area contributed by atoms with Gasteiger partial charge in [-0.2, -0.15) is 0 Å². The number of hydrogen-bond acceptors (Lipinski definition) is 2. The Labute approximate surface area is 128 Å². The molecule has 0 aliphatic carbocycles. The molecule has 1 fully saturated rings. The molecule has 0 aromatic heterocycles. The molecule has 0 radical (unpaired) electrons. The van der Waals surface area contributed by atoms with Crippen molar-refractivity contribution >= 4 is 12.0 Å². The minimum atomic E-state index is -0.741. The maximum Gasteiger partial charge on any atom is 0.317 e. The molecule has 1 aliphatic heterocycles. The van der Waals surface area contributed by atoms with Crippen LogP contribution >= 0.6 is 0 Å². The molecule has 2 N–H and O–H groups in total. The van der Waals surface area contributed by atoms with E-state index in [0.29, 0.717) is 24.8 Å². The number of rotatable bonds is 7. The van der Waals surface area contributed by atoms with Gasteiger partial charge in [0.15, 0.2) is 0 Å². The Morgan fingerprint density at radius 3 is 2.24 bits per heavy atom. The summed E-state index contributed by atoms with van der Waals surface area (Å²) >= 11 is 0. The van der Waals surface area contributed by atoms with Crippen LogP contribution in [0.5, 0.6) is 0 Å². The van der Waals surface area contributed by atoms with Crippen molar-refractivity contribution < 1.29 is 14.7 Å². The highest BCUT2D eigenvalue weighted by Crippen LogP contribution is 2.20. The molecule has 1 unspecified atom stereocenters. The minimum absolute atomic E-state index is 0.0395. The van der Waals surface area contributed by atoms with E-state index in [1.807, 2.05) is 4.90 Å². The Morgan fingerprint density at radius 2 is 1.71 bits per heavy atom. The van der Waals surface area contributed by atoms with Gasteiger partial charge in [-0.25, -0.2) is 4.79 Å². The number of carboxylic acid groups (broad SMARTS) is 1. The first-order valence-electron chi connectivity index (χ1n) is 8.25. The van der Waals surface area contributed by atoms with Crippen molar-refractivity contribution in [2.45, 2.75) is 58.8 Å². The molecule has 0 aromatic rings. The molecule has 2 amide bonds. The summed E-state index contributed by atoms with van der Waals surface area (Å²) in [6, 6.07) is 0.0395. The third-order valence-corrected chi connectivity index (χ3v) is 4.36. The first-order chi connectivity index (χ1) is 10.0. The SMILES string of the molecule is CC(C)C(CCNC(=O)N1CCCCCC1)CCC(=O)O. The predicted molar refractivity (Wildman–Crippen MR) is 83.3 cm³/mol. The van der Waals surface area contributed by atoms with Crippen molar-refractivity contribution in [3.05, 3.63) is 0 Å². The molecule has 21 heavy (non-hydrogen) atoms. The van der Waals surface area contributed by atoms with E-state index in [9.17, 15) is 9.59 Å². The Kier molecular flexibility index (Phi) is 8.16. The molecule has 122 valence electrons. The van der Waals surface area contributed by atoms with Gasteiger partial charge in [0, 0.05) is 26.1 Å². The van der Waals surface area contributed by atoms with Crippen molar-refractivity contribution in [2.24, 2.45) is 11.8 Å². The second kappa shape index (κ2) is 9.64. The number of nitrogens with one attached hydrogen (secondary N) is 1. The molecule has 0 saturated carbocycles. The Hall–Kier alpha value is -1.26. The molecule has 5 nitrogen and oxygen atoms in total. The highest BCUT2D eigenvalue weighted by atomic mass is 16.4. The molecule has 1 atom stereocenters. The third-order valence-electron chi connectivity index (χ3n) is 4.36. The molecule has 1 aliphatic rings. The Bertz CT molecular complexity index is 323. The lowest BCUT2D eigenvalue weighted by Gasteiger charge is -2.23. The summed E-state index contributed by atoms with van der Waals surface area (Å²) in [4.78, 5) is 24.7. The average Bonchev–Trinajstić information content (AvgIpc) is 2.70. The van der Waals surface area contributed by atoms with Crippen LogP contribution in [0.3, 0.4) is 0 Å². The summed E-state index contributed by atoms with van der Waals surface area (Å²) in [5, 5.41) is 11.8. The molecule has 1 heterocycles. The van der Waals surface area contributed by atoms with Gasteiger partial charge in [-0.15, -0.1) is 0 Å². The maximum absolute atomic E-state index is 12.1. The number of nitrogens with zero attached hydrogens (tertiary/aromatic N) is 1. The van der Waals surface area contributed by atoms with Gasteiger partial charge in [-0.3, -0.25) is 4.79 Å². The van der Waals surface area contributed by atoms with E-state index in [0.717, 1.165) is 32.4 Å². The molecular formula is C16H30N2O3. The van der Waals surface area contributed by atoms with Crippen LogP contribution in [0.25, 0.3) is 0 Å². The molecular weight excluding hydrogens is 268 g/mol. The summed E-state index contributed by atoms with van der Waals surface area (Å²) in [5.74, 6) is 0.0548. The average molecular weight is 298 g/mol. The zero-order valence-electron chi connectivity index (χ0n) is 13.4. The van der Waals surface area contributed by atoms with E-state index in [2.05, 4.69) is 19.2 Å². The second-order valence-corrected chi connectivity index (χ2v) is 6.36. The summed E-state index contributed by atoms with van der Waals surface area (Å²) < 4.78 is 0. The van der Waals surface area contributed by atoms with E-state index < -0.39 is 5.97 Å². The van der Waals surface area contributed by atoms with E-state index in [1.165, 1.54) is 12.8 Å². The molecule has 1 rings (SSSR count). The summed E-state index contributed by atoms with van der Waals surface area (Å²) in [7, 11) is 0. The van der Waals surface area contributed by atoms with Crippen molar-refractivity contribution in [1.82, 2.24) is 10.2 Å². The number of aliphatic carboxylic acids is 1. The van der Waals surface area contributed by atoms with Gasteiger partial charge in [-0.05, 0) is 37.5 Å². The lowest BCUT2D eigenvalue weighted by molar-refractivity contribution is -0.137. The lowest BCUT2D eigenvalue weighted by atomic mass is 9.88. The van der Waals surface area contributed by atoms with E-state index >= 15 is 0 Å². The molecule has 0 spiro atoms.